The van der Waals surface area contributed by atoms with Crippen LogP contribution in [0.4, 0.5) is 0 Å². The Morgan fingerprint density at radius 1 is 1.29 bits per heavy atom. The van der Waals surface area contributed by atoms with Crippen LogP contribution in [0.3, 0.4) is 0 Å². The first-order chi connectivity index (χ1) is 8.15. The van der Waals surface area contributed by atoms with E-state index in [1.807, 2.05) is 0 Å². The van der Waals surface area contributed by atoms with Gasteiger partial charge in [0, 0.05) is 19.8 Å². The van der Waals surface area contributed by atoms with E-state index in [0.29, 0.717) is 5.41 Å². The molecule has 0 spiro atoms. The van der Waals surface area contributed by atoms with Crippen molar-refractivity contribution in [3.63, 3.8) is 0 Å². The second-order valence-corrected chi connectivity index (χ2v) is 6.64. The normalized spacial score (nSPS) is 35.3. The average molecular weight is 239 g/mol. The second kappa shape index (κ2) is 5.71. The van der Waals surface area contributed by atoms with Crippen LogP contribution in [0.5, 0.6) is 0 Å². The van der Waals surface area contributed by atoms with Crippen LogP contribution in [0, 0.1) is 23.2 Å². The minimum Gasteiger partial charge on any atom is -0.382 e. The summed E-state index contributed by atoms with van der Waals surface area (Å²) in [6.45, 7) is 10.9. The van der Waals surface area contributed by atoms with Crippen molar-refractivity contribution >= 4 is 0 Å². The molecule has 0 aromatic rings. The summed E-state index contributed by atoms with van der Waals surface area (Å²) in [6, 6.07) is 0. The molecule has 0 radical (unpaired) electrons. The van der Waals surface area contributed by atoms with Gasteiger partial charge in [-0.3, -0.25) is 0 Å². The highest BCUT2D eigenvalue weighted by Gasteiger charge is 2.52. The van der Waals surface area contributed by atoms with Crippen molar-refractivity contribution in [1.29, 1.82) is 0 Å². The largest absolute Gasteiger partial charge is 0.382 e. The lowest BCUT2D eigenvalue weighted by molar-refractivity contribution is 0.0969. The number of ether oxygens (including phenoxy) is 1. The third-order valence-electron chi connectivity index (χ3n) is 4.49. The maximum absolute atomic E-state index is 5.57. The summed E-state index contributed by atoms with van der Waals surface area (Å²) in [6.07, 6.45) is 5.69. The van der Waals surface area contributed by atoms with Gasteiger partial charge in [-0.05, 0) is 62.3 Å². The van der Waals surface area contributed by atoms with Crippen LogP contribution in [0.25, 0.3) is 0 Å². The summed E-state index contributed by atoms with van der Waals surface area (Å²) in [7, 11) is 0. The van der Waals surface area contributed by atoms with Gasteiger partial charge in [0.2, 0.25) is 0 Å². The molecule has 100 valence electrons. The van der Waals surface area contributed by atoms with Gasteiger partial charge in [-0.1, -0.05) is 13.8 Å². The Kier molecular flexibility index (Phi) is 4.48. The van der Waals surface area contributed by atoms with Crippen LogP contribution in [0.15, 0.2) is 0 Å². The molecule has 2 saturated carbocycles. The first kappa shape index (κ1) is 13.4. The summed E-state index contributed by atoms with van der Waals surface area (Å²) in [5.41, 5.74) is 0.567. The lowest BCUT2D eigenvalue weighted by atomic mass is 9.80. The van der Waals surface area contributed by atoms with E-state index in [0.717, 1.165) is 37.5 Å². The van der Waals surface area contributed by atoms with Crippen LogP contribution in [0.1, 0.15) is 46.5 Å². The van der Waals surface area contributed by atoms with Crippen molar-refractivity contribution in [2.45, 2.75) is 46.5 Å². The number of fused-ring (bicyclic) bond motifs is 1. The van der Waals surface area contributed by atoms with Crippen molar-refractivity contribution < 1.29 is 4.74 Å². The molecule has 0 aromatic heterocycles. The predicted molar refractivity (Wildman–Crippen MR) is 72.1 cm³/mol. The van der Waals surface area contributed by atoms with Gasteiger partial charge < -0.3 is 10.1 Å². The standard InChI is InChI=1S/C15H29NO/c1-4-17-6-5-15(11-16-10-12(2)3)8-13-7-14(13)9-15/h12-14,16H,4-11H2,1-3H3. The van der Waals surface area contributed by atoms with E-state index >= 15 is 0 Å². The van der Waals surface area contributed by atoms with Gasteiger partial charge in [0.15, 0.2) is 0 Å². The van der Waals surface area contributed by atoms with Gasteiger partial charge in [-0.15, -0.1) is 0 Å². The van der Waals surface area contributed by atoms with E-state index in [2.05, 4.69) is 26.1 Å². The molecule has 2 heteroatoms. The first-order valence-corrected chi connectivity index (χ1v) is 7.44. The van der Waals surface area contributed by atoms with Gasteiger partial charge in [0.1, 0.15) is 0 Å². The van der Waals surface area contributed by atoms with Gasteiger partial charge >= 0.3 is 0 Å². The van der Waals surface area contributed by atoms with Crippen molar-refractivity contribution in [1.82, 2.24) is 5.32 Å². The van der Waals surface area contributed by atoms with E-state index in [4.69, 9.17) is 4.74 Å². The molecule has 2 rings (SSSR count). The van der Waals surface area contributed by atoms with Gasteiger partial charge in [0.05, 0.1) is 0 Å². The number of rotatable bonds is 8. The topological polar surface area (TPSA) is 21.3 Å². The lowest BCUT2D eigenvalue weighted by Gasteiger charge is -2.31. The highest BCUT2D eigenvalue weighted by Crippen LogP contribution is 2.60. The van der Waals surface area contributed by atoms with Gasteiger partial charge in [-0.25, -0.2) is 0 Å². The third kappa shape index (κ3) is 3.69. The molecule has 17 heavy (non-hydrogen) atoms. The van der Waals surface area contributed by atoms with Crippen LogP contribution in [-0.4, -0.2) is 26.3 Å². The molecule has 2 aliphatic carbocycles. The van der Waals surface area contributed by atoms with E-state index in [1.54, 1.807) is 0 Å². The number of nitrogens with one attached hydrogen (secondary N) is 1. The number of hydrogen-bond donors (Lipinski definition) is 1. The zero-order chi connectivity index (χ0) is 12.3. The molecule has 2 fully saturated rings. The van der Waals surface area contributed by atoms with Gasteiger partial charge in [-0.2, -0.15) is 0 Å². The van der Waals surface area contributed by atoms with Crippen molar-refractivity contribution in [2.75, 3.05) is 26.3 Å². The first-order valence-electron chi connectivity index (χ1n) is 7.44. The predicted octanol–water partition coefficient (Wildman–Crippen LogP) is 3.07. The minimum atomic E-state index is 0.567. The van der Waals surface area contributed by atoms with E-state index in [1.165, 1.54) is 32.2 Å². The highest BCUT2D eigenvalue weighted by atomic mass is 16.5. The maximum atomic E-state index is 5.57. The summed E-state index contributed by atoms with van der Waals surface area (Å²) in [5, 5.41) is 3.68. The molecule has 0 amide bonds. The van der Waals surface area contributed by atoms with Crippen LogP contribution < -0.4 is 5.32 Å². The minimum absolute atomic E-state index is 0.567. The van der Waals surface area contributed by atoms with Crippen LogP contribution in [0.2, 0.25) is 0 Å². The quantitative estimate of drug-likeness (QED) is 0.657. The molecule has 2 nitrogen and oxygen atoms in total. The molecule has 0 aromatic carbocycles. The molecule has 0 saturated heterocycles. The molecule has 0 heterocycles. The lowest BCUT2D eigenvalue weighted by Crippen LogP contribution is -2.36. The maximum Gasteiger partial charge on any atom is 0.0471 e. The summed E-state index contributed by atoms with van der Waals surface area (Å²) in [5.74, 6) is 2.89. The van der Waals surface area contributed by atoms with Crippen molar-refractivity contribution in [3.05, 3.63) is 0 Å². The zero-order valence-electron chi connectivity index (χ0n) is 11.8. The smallest absolute Gasteiger partial charge is 0.0471 e. The Balaban J connectivity index is 1.76. The molecule has 1 N–H and O–H groups in total. The Hall–Kier alpha value is -0.0800. The molecule has 2 aliphatic rings. The highest BCUT2D eigenvalue weighted by molar-refractivity contribution is 5.04. The van der Waals surface area contributed by atoms with E-state index in [9.17, 15) is 0 Å². The Morgan fingerprint density at radius 2 is 2.00 bits per heavy atom. The fourth-order valence-corrected chi connectivity index (χ4v) is 3.50. The van der Waals surface area contributed by atoms with Crippen LogP contribution >= 0.6 is 0 Å². The summed E-state index contributed by atoms with van der Waals surface area (Å²) in [4.78, 5) is 0. The third-order valence-corrected chi connectivity index (χ3v) is 4.49. The zero-order valence-corrected chi connectivity index (χ0v) is 11.8. The fraction of sp³-hybridized carbons (Fsp3) is 1.00. The SMILES string of the molecule is CCOCCC1(CNCC(C)C)CC2CC2C1. The second-order valence-electron chi connectivity index (χ2n) is 6.64. The van der Waals surface area contributed by atoms with E-state index < -0.39 is 0 Å². The summed E-state index contributed by atoms with van der Waals surface area (Å²) < 4.78 is 5.57. The molecule has 0 bridgehead atoms. The summed E-state index contributed by atoms with van der Waals surface area (Å²) >= 11 is 0. The van der Waals surface area contributed by atoms with E-state index in [-0.39, 0.29) is 0 Å². The van der Waals surface area contributed by atoms with Gasteiger partial charge in [0.25, 0.3) is 0 Å². The fourth-order valence-electron chi connectivity index (χ4n) is 3.50. The number of hydrogen-bond acceptors (Lipinski definition) is 2. The Bertz CT molecular complexity index is 229. The van der Waals surface area contributed by atoms with Crippen LogP contribution in [-0.2, 0) is 4.74 Å². The molecule has 2 atom stereocenters. The van der Waals surface area contributed by atoms with Crippen molar-refractivity contribution in [2.24, 2.45) is 23.2 Å². The molecular formula is C15H29NO. The monoisotopic (exact) mass is 239 g/mol. The average Bonchev–Trinajstić information content (AvgIpc) is 2.87. The Morgan fingerprint density at radius 3 is 2.59 bits per heavy atom. The molecular weight excluding hydrogens is 210 g/mol. The van der Waals surface area contributed by atoms with Crippen molar-refractivity contribution in [3.8, 4) is 0 Å². The molecule has 2 unspecified atom stereocenters. The molecule has 0 aliphatic heterocycles. The Labute approximate surface area is 107 Å².